The maximum absolute atomic E-state index is 3.72. The molecule has 60 valence electrons. The van der Waals surface area contributed by atoms with Gasteiger partial charge in [0.15, 0.2) is 0 Å². The van der Waals surface area contributed by atoms with Gasteiger partial charge in [0.05, 0.1) is 0 Å². The van der Waals surface area contributed by atoms with Gasteiger partial charge in [0.1, 0.15) is 0 Å². The van der Waals surface area contributed by atoms with Crippen LogP contribution < -0.4 is 5.32 Å². The fourth-order valence-corrected chi connectivity index (χ4v) is 0.683. The van der Waals surface area contributed by atoms with E-state index < -0.39 is 0 Å². The van der Waals surface area contributed by atoms with E-state index in [1.165, 1.54) is 0 Å². The summed E-state index contributed by atoms with van der Waals surface area (Å²) in [6.45, 7) is 12.5. The predicted molar refractivity (Wildman–Crippen MR) is 47.1 cm³/mol. The number of hydrogen-bond acceptors (Lipinski definition) is 1. The Bertz CT molecular complexity index is 86.7. The molecule has 0 aromatic carbocycles. The molecule has 0 aliphatic carbocycles. The average molecular weight is 141 g/mol. The van der Waals surface area contributed by atoms with E-state index in [4.69, 9.17) is 0 Å². The van der Waals surface area contributed by atoms with E-state index in [9.17, 15) is 0 Å². The van der Waals surface area contributed by atoms with Gasteiger partial charge in [0, 0.05) is 6.54 Å². The lowest BCUT2D eigenvalue weighted by Crippen LogP contribution is -2.24. The van der Waals surface area contributed by atoms with Gasteiger partial charge in [-0.1, -0.05) is 26.8 Å². The van der Waals surface area contributed by atoms with Crippen molar-refractivity contribution < 1.29 is 0 Å². The number of nitrogens with one attached hydrogen (secondary N) is 1. The zero-order valence-corrected chi connectivity index (χ0v) is 7.35. The third-order valence-electron chi connectivity index (χ3n) is 1.42. The van der Waals surface area contributed by atoms with Gasteiger partial charge in [-0.2, -0.15) is 0 Å². The van der Waals surface area contributed by atoms with Crippen molar-refractivity contribution in [2.24, 2.45) is 11.8 Å². The third-order valence-corrected chi connectivity index (χ3v) is 1.42. The van der Waals surface area contributed by atoms with Gasteiger partial charge in [-0.15, -0.1) is 6.58 Å². The Morgan fingerprint density at radius 1 is 1.30 bits per heavy atom. The zero-order valence-electron chi connectivity index (χ0n) is 7.35. The lowest BCUT2D eigenvalue weighted by atomic mass is 10.1. The molecule has 0 amide bonds. The van der Waals surface area contributed by atoms with E-state index in [0.29, 0.717) is 5.92 Å². The predicted octanol–water partition coefficient (Wildman–Crippen LogP) is 2.05. The van der Waals surface area contributed by atoms with Crippen molar-refractivity contribution in [3.63, 3.8) is 0 Å². The molecule has 0 aromatic rings. The van der Waals surface area contributed by atoms with Crippen LogP contribution in [0, 0.1) is 11.8 Å². The van der Waals surface area contributed by atoms with E-state index in [0.717, 1.165) is 19.0 Å². The molecule has 0 rings (SSSR count). The van der Waals surface area contributed by atoms with Crippen molar-refractivity contribution in [2.75, 3.05) is 13.1 Å². The van der Waals surface area contributed by atoms with E-state index in [1.807, 2.05) is 6.08 Å². The Kier molecular flexibility index (Phi) is 5.32. The second-order valence-corrected chi connectivity index (χ2v) is 3.27. The first kappa shape index (κ1) is 9.70. The molecule has 0 saturated heterocycles. The molecule has 0 aliphatic rings. The Balaban J connectivity index is 3.11. The molecule has 0 aromatic heterocycles. The van der Waals surface area contributed by atoms with Crippen LogP contribution in [0.2, 0.25) is 0 Å². The largest absolute Gasteiger partial charge is 0.316 e. The van der Waals surface area contributed by atoms with E-state index in [2.05, 4.69) is 32.7 Å². The van der Waals surface area contributed by atoms with Crippen LogP contribution in [-0.2, 0) is 0 Å². The Hall–Kier alpha value is -0.300. The summed E-state index contributed by atoms with van der Waals surface area (Å²) in [5.74, 6) is 1.34. The highest BCUT2D eigenvalue weighted by molar-refractivity contribution is 4.76. The maximum Gasteiger partial charge on any atom is 0.00115 e. The lowest BCUT2D eigenvalue weighted by Gasteiger charge is -2.09. The second-order valence-electron chi connectivity index (χ2n) is 3.27. The topological polar surface area (TPSA) is 12.0 Å². The fourth-order valence-electron chi connectivity index (χ4n) is 0.683. The first-order chi connectivity index (χ1) is 4.66. The fraction of sp³-hybridized carbons (Fsp3) is 0.778. The molecule has 0 fully saturated rings. The van der Waals surface area contributed by atoms with Crippen LogP contribution in [0.15, 0.2) is 12.7 Å². The van der Waals surface area contributed by atoms with Gasteiger partial charge in [0.25, 0.3) is 0 Å². The molecular formula is C9H19N. The van der Waals surface area contributed by atoms with Gasteiger partial charge in [-0.25, -0.2) is 0 Å². The van der Waals surface area contributed by atoms with Crippen molar-refractivity contribution >= 4 is 0 Å². The van der Waals surface area contributed by atoms with Crippen molar-refractivity contribution in [1.29, 1.82) is 0 Å². The maximum atomic E-state index is 3.72. The quantitative estimate of drug-likeness (QED) is 0.578. The molecule has 1 atom stereocenters. The molecule has 0 aliphatic heterocycles. The van der Waals surface area contributed by atoms with Crippen molar-refractivity contribution in [2.45, 2.75) is 20.8 Å². The zero-order chi connectivity index (χ0) is 7.98. The van der Waals surface area contributed by atoms with Crippen LogP contribution >= 0.6 is 0 Å². The van der Waals surface area contributed by atoms with Crippen LogP contribution in [0.1, 0.15) is 20.8 Å². The SMILES string of the molecule is C=CC(C)CNCC(C)C. The molecule has 1 unspecified atom stereocenters. The summed E-state index contributed by atoms with van der Waals surface area (Å²) in [6.07, 6.45) is 1.98. The highest BCUT2D eigenvalue weighted by Crippen LogP contribution is 1.93. The number of rotatable bonds is 5. The monoisotopic (exact) mass is 141 g/mol. The molecule has 1 nitrogen and oxygen atoms in total. The molecular weight excluding hydrogens is 122 g/mol. The molecule has 0 bridgehead atoms. The van der Waals surface area contributed by atoms with E-state index >= 15 is 0 Å². The van der Waals surface area contributed by atoms with Gasteiger partial charge >= 0.3 is 0 Å². The minimum Gasteiger partial charge on any atom is -0.316 e. The summed E-state index contributed by atoms with van der Waals surface area (Å²) in [5.41, 5.74) is 0. The van der Waals surface area contributed by atoms with Gasteiger partial charge in [-0.3, -0.25) is 0 Å². The van der Waals surface area contributed by atoms with Crippen molar-refractivity contribution in [1.82, 2.24) is 5.32 Å². The van der Waals surface area contributed by atoms with Gasteiger partial charge in [0.2, 0.25) is 0 Å². The van der Waals surface area contributed by atoms with Crippen molar-refractivity contribution in [3.05, 3.63) is 12.7 Å². The molecule has 0 heterocycles. The first-order valence-corrected chi connectivity index (χ1v) is 4.00. The van der Waals surface area contributed by atoms with Gasteiger partial charge < -0.3 is 5.32 Å². The second kappa shape index (κ2) is 5.48. The smallest absolute Gasteiger partial charge is 0.00115 e. The van der Waals surface area contributed by atoms with Crippen LogP contribution in [0.25, 0.3) is 0 Å². The van der Waals surface area contributed by atoms with E-state index in [-0.39, 0.29) is 0 Å². The van der Waals surface area contributed by atoms with Crippen LogP contribution in [0.4, 0.5) is 0 Å². The minimum absolute atomic E-state index is 0.596. The summed E-state index contributed by atoms with van der Waals surface area (Å²) < 4.78 is 0. The Labute approximate surface area is 64.5 Å². The standard InChI is InChI=1S/C9H19N/c1-5-9(4)7-10-6-8(2)3/h5,8-10H,1,6-7H2,2-4H3. The highest BCUT2D eigenvalue weighted by atomic mass is 14.9. The summed E-state index contributed by atoms with van der Waals surface area (Å²) in [5, 5.41) is 3.36. The average Bonchev–Trinajstić information content (AvgIpc) is 1.87. The summed E-state index contributed by atoms with van der Waals surface area (Å²) in [6, 6.07) is 0. The normalized spacial score (nSPS) is 13.6. The molecule has 0 radical (unpaired) electrons. The Morgan fingerprint density at radius 3 is 2.30 bits per heavy atom. The summed E-state index contributed by atoms with van der Waals surface area (Å²) in [7, 11) is 0. The van der Waals surface area contributed by atoms with Crippen LogP contribution in [0.3, 0.4) is 0 Å². The summed E-state index contributed by atoms with van der Waals surface area (Å²) >= 11 is 0. The summed E-state index contributed by atoms with van der Waals surface area (Å²) in [4.78, 5) is 0. The lowest BCUT2D eigenvalue weighted by molar-refractivity contribution is 0.518. The molecule has 0 saturated carbocycles. The highest BCUT2D eigenvalue weighted by Gasteiger charge is 1.95. The van der Waals surface area contributed by atoms with E-state index in [1.54, 1.807) is 0 Å². The van der Waals surface area contributed by atoms with Gasteiger partial charge in [-0.05, 0) is 18.4 Å². The Morgan fingerprint density at radius 2 is 1.90 bits per heavy atom. The molecule has 1 N–H and O–H groups in total. The molecule has 0 spiro atoms. The third kappa shape index (κ3) is 5.83. The first-order valence-electron chi connectivity index (χ1n) is 4.00. The minimum atomic E-state index is 0.596. The van der Waals surface area contributed by atoms with Crippen LogP contribution in [0.5, 0.6) is 0 Å². The molecule has 10 heavy (non-hydrogen) atoms. The van der Waals surface area contributed by atoms with Crippen LogP contribution in [-0.4, -0.2) is 13.1 Å². The van der Waals surface area contributed by atoms with Crippen molar-refractivity contribution in [3.8, 4) is 0 Å². The molecule has 1 heteroatoms. The number of hydrogen-bond donors (Lipinski definition) is 1.